The molecule has 1 aromatic rings. The zero-order valence-electron chi connectivity index (χ0n) is 12.9. The van der Waals surface area contributed by atoms with Crippen LogP contribution in [0.1, 0.15) is 26.2 Å². The largest absolute Gasteiger partial charge is 0.367 e. The number of nitrogens with one attached hydrogen (secondary N) is 1. The van der Waals surface area contributed by atoms with Crippen molar-refractivity contribution in [1.29, 1.82) is 0 Å². The van der Waals surface area contributed by atoms with Crippen LogP contribution < -0.4 is 10.2 Å². The quantitative estimate of drug-likeness (QED) is 0.907. The van der Waals surface area contributed by atoms with Gasteiger partial charge in [0.15, 0.2) is 0 Å². The van der Waals surface area contributed by atoms with Crippen LogP contribution in [0, 0.1) is 0 Å². The first-order valence-corrected chi connectivity index (χ1v) is 8.01. The van der Waals surface area contributed by atoms with Crippen LogP contribution in [-0.4, -0.2) is 44.0 Å². The highest BCUT2D eigenvalue weighted by atomic mass is 35.5. The minimum absolute atomic E-state index is 0.0643. The molecular weight excluding hydrogens is 286 g/mol. The molecule has 5 heteroatoms. The molecule has 0 atom stereocenters. The second-order valence-electron chi connectivity index (χ2n) is 5.60. The second-order valence-corrected chi connectivity index (χ2v) is 6.04. The third-order valence-corrected chi connectivity index (χ3v) is 4.07. The average Bonchev–Trinajstić information content (AvgIpc) is 2.46. The molecule has 4 nitrogen and oxygen atoms in total. The smallest absolute Gasteiger partial charge is 0.224 e. The third-order valence-electron chi connectivity index (χ3n) is 3.83. The summed E-state index contributed by atoms with van der Waals surface area (Å²) in [7, 11) is 2.13. The number of rotatable bonds is 5. The molecule has 1 fully saturated rings. The monoisotopic (exact) mass is 309 g/mol. The SMILES string of the molecule is CCCCC(=O)Nc1cc(Cl)ccc1N1CCN(C)CC1. The van der Waals surface area contributed by atoms with Crippen LogP contribution >= 0.6 is 11.6 Å². The number of amides is 1. The number of piperazine rings is 1. The molecule has 116 valence electrons. The van der Waals surface area contributed by atoms with Gasteiger partial charge in [-0.05, 0) is 31.7 Å². The second kappa shape index (κ2) is 7.66. The van der Waals surface area contributed by atoms with E-state index in [-0.39, 0.29) is 5.91 Å². The van der Waals surface area contributed by atoms with Gasteiger partial charge in [-0.15, -0.1) is 0 Å². The van der Waals surface area contributed by atoms with E-state index in [1.807, 2.05) is 18.2 Å². The summed E-state index contributed by atoms with van der Waals surface area (Å²) >= 11 is 6.09. The minimum atomic E-state index is 0.0643. The summed E-state index contributed by atoms with van der Waals surface area (Å²) in [5.41, 5.74) is 1.89. The summed E-state index contributed by atoms with van der Waals surface area (Å²) in [5.74, 6) is 0.0643. The van der Waals surface area contributed by atoms with Crippen molar-refractivity contribution < 1.29 is 4.79 Å². The minimum Gasteiger partial charge on any atom is -0.367 e. The molecule has 1 amide bonds. The number of hydrogen-bond acceptors (Lipinski definition) is 3. The van der Waals surface area contributed by atoms with E-state index in [4.69, 9.17) is 11.6 Å². The first kappa shape index (κ1) is 16.1. The first-order chi connectivity index (χ1) is 10.1. The summed E-state index contributed by atoms with van der Waals surface area (Å²) in [5, 5.41) is 3.67. The highest BCUT2D eigenvalue weighted by Gasteiger charge is 2.18. The number of likely N-dealkylation sites (N-methyl/N-ethyl adjacent to an activating group) is 1. The van der Waals surface area contributed by atoms with Crippen LogP contribution in [0.15, 0.2) is 18.2 Å². The van der Waals surface area contributed by atoms with E-state index < -0.39 is 0 Å². The molecular formula is C16H24ClN3O. The van der Waals surface area contributed by atoms with Crippen LogP contribution in [0.3, 0.4) is 0 Å². The fourth-order valence-corrected chi connectivity index (χ4v) is 2.65. The highest BCUT2D eigenvalue weighted by Crippen LogP contribution is 2.30. The van der Waals surface area contributed by atoms with E-state index >= 15 is 0 Å². The van der Waals surface area contributed by atoms with E-state index in [0.29, 0.717) is 11.4 Å². The molecule has 2 rings (SSSR count). The van der Waals surface area contributed by atoms with Gasteiger partial charge >= 0.3 is 0 Å². The van der Waals surface area contributed by atoms with Crippen molar-refractivity contribution in [2.24, 2.45) is 0 Å². The number of carbonyl (C=O) groups excluding carboxylic acids is 1. The molecule has 0 spiro atoms. The van der Waals surface area contributed by atoms with E-state index in [1.54, 1.807) is 0 Å². The molecule has 1 N–H and O–H groups in total. The zero-order chi connectivity index (χ0) is 15.2. The van der Waals surface area contributed by atoms with Gasteiger partial charge in [0.25, 0.3) is 0 Å². The topological polar surface area (TPSA) is 35.6 Å². The Hall–Kier alpha value is -1.26. The molecule has 0 aromatic heterocycles. The van der Waals surface area contributed by atoms with Gasteiger partial charge in [-0.3, -0.25) is 4.79 Å². The van der Waals surface area contributed by atoms with Gasteiger partial charge in [-0.25, -0.2) is 0 Å². The molecule has 0 aliphatic carbocycles. The van der Waals surface area contributed by atoms with E-state index in [9.17, 15) is 4.79 Å². The Labute approximate surface area is 132 Å². The fourth-order valence-electron chi connectivity index (χ4n) is 2.48. The lowest BCUT2D eigenvalue weighted by Gasteiger charge is -2.35. The number of unbranched alkanes of at least 4 members (excludes halogenated alkanes) is 1. The Balaban J connectivity index is 2.11. The van der Waals surface area contributed by atoms with Crippen molar-refractivity contribution in [2.75, 3.05) is 43.4 Å². The summed E-state index contributed by atoms with van der Waals surface area (Å²) in [6.07, 6.45) is 2.50. The maximum absolute atomic E-state index is 12.0. The average molecular weight is 310 g/mol. The van der Waals surface area contributed by atoms with Crippen LogP contribution in [0.25, 0.3) is 0 Å². The molecule has 1 aromatic carbocycles. The number of halogens is 1. The van der Waals surface area contributed by atoms with Gasteiger partial charge in [0.1, 0.15) is 0 Å². The van der Waals surface area contributed by atoms with Crippen LogP contribution in [0.5, 0.6) is 0 Å². The van der Waals surface area contributed by atoms with Crippen molar-refractivity contribution in [3.05, 3.63) is 23.2 Å². The lowest BCUT2D eigenvalue weighted by Crippen LogP contribution is -2.44. The van der Waals surface area contributed by atoms with Crippen molar-refractivity contribution in [2.45, 2.75) is 26.2 Å². The van der Waals surface area contributed by atoms with Gasteiger partial charge in [0.2, 0.25) is 5.91 Å². The molecule has 1 aliphatic heterocycles. The molecule has 1 aliphatic rings. The van der Waals surface area contributed by atoms with E-state index in [2.05, 4.69) is 29.1 Å². The maximum Gasteiger partial charge on any atom is 0.224 e. The Kier molecular flexibility index (Phi) is 5.88. The summed E-state index contributed by atoms with van der Waals surface area (Å²) in [6, 6.07) is 5.74. The van der Waals surface area contributed by atoms with Crippen LogP contribution in [-0.2, 0) is 4.79 Å². The van der Waals surface area contributed by atoms with Gasteiger partial charge < -0.3 is 15.1 Å². The first-order valence-electron chi connectivity index (χ1n) is 7.63. The Morgan fingerprint density at radius 1 is 1.29 bits per heavy atom. The Morgan fingerprint density at radius 2 is 2.00 bits per heavy atom. The molecule has 21 heavy (non-hydrogen) atoms. The maximum atomic E-state index is 12.0. The number of nitrogens with zero attached hydrogens (tertiary/aromatic N) is 2. The Bertz CT molecular complexity index is 484. The number of anilines is 2. The molecule has 0 unspecified atom stereocenters. The van der Waals surface area contributed by atoms with E-state index in [1.165, 1.54) is 0 Å². The van der Waals surface area contributed by atoms with Crippen molar-refractivity contribution in [3.8, 4) is 0 Å². The van der Waals surface area contributed by atoms with Crippen molar-refractivity contribution >= 4 is 28.9 Å². The predicted molar refractivity (Wildman–Crippen MR) is 89.3 cm³/mol. The molecule has 1 heterocycles. The van der Waals surface area contributed by atoms with Gasteiger partial charge in [0.05, 0.1) is 11.4 Å². The number of hydrogen-bond donors (Lipinski definition) is 1. The van der Waals surface area contributed by atoms with Crippen molar-refractivity contribution in [3.63, 3.8) is 0 Å². The summed E-state index contributed by atoms with van der Waals surface area (Å²) in [6.45, 7) is 6.09. The Morgan fingerprint density at radius 3 is 2.67 bits per heavy atom. The van der Waals surface area contributed by atoms with Gasteiger partial charge in [0, 0.05) is 37.6 Å². The predicted octanol–water partition coefficient (Wildman–Crippen LogP) is 3.22. The van der Waals surface area contributed by atoms with Crippen LogP contribution in [0.4, 0.5) is 11.4 Å². The lowest BCUT2D eigenvalue weighted by molar-refractivity contribution is -0.116. The summed E-state index contributed by atoms with van der Waals surface area (Å²) < 4.78 is 0. The van der Waals surface area contributed by atoms with Crippen LogP contribution in [0.2, 0.25) is 5.02 Å². The zero-order valence-corrected chi connectivity index (χ0v) is 13.6. The third kappa shape index (κ3) is 4.61. The molecule has 0 radical (unpaired) electrons. The standard InChI is InChI=1S/C16H24ClN3O/c1-3-4-5-16(21)18-14-12-13(17)6-7-15(14)20-10-8-19(2)9-11-20/h6-7,12H,3-5,8-11H2,1-2H3,(H,18,21). The molecule has 0 bridgehead atoms. The van der Waals surface area contributed by atoms with Gasteiger partial charge in [-0.1, -0.05) is 24.9 Å². The lowest BCUT2D eigenvalue weighted by atomic mass is 10.2. The molecule has 1 saturated heterocycles. The number of carbonyl (C=O) groups is 1. The number of benzene rings is 1. The summed E-state index contributed by atoms with van der Waals surface area (Å²) in [4.78, 5) is 16.6. The highest BCUT2D eigenvalue weighted by molar-refractivity contribution is 6.31. The van der Waals surface area contributed by atoms with Gasteiger partial charge in [-0.2, -0.15) is 0 Å². The molecule has 0 saturated carbocycles. The van der Waals surface area contributed by atoms with E-state index in [0.717, 1.165) is 50.4 Å². The normalized spacial score (nSPS) is 16.0. The fraction of sp³-hybridized carbons (Fsp3) is 0.562. The van der Waals surface area contributed by atoms with Crippen molar-refractivity contribution in [1.82, 2.24) is 4.90 Å².